The Morgan fingerprint density at radius 3 is 1.46 bits per heavy atom. The van der Waals surface area contributed by atoms with E-state index in [1.54, 1.807) is 24.3 Å². The van der Waals surface area contributed by atoms with Crippen molar-refractivity contribution in [2.75, 3.05) is 0 Å². The molecule has 5 heteroatoms. The minimum atomic E-state index is -0.441. The molecule has 0 fully saturated rings. The first kappa shape index (κ1) is 28.9. The van der Waals surface area contributed by atoms with Gasteiger partial charge in [0, 0.05) is 16.7 Å². The largest absolute Gasteiger partial charge is 0.457 e. The fourth-order valence-electron chi connectivity index (χ4n) is 3.49. The number of ether oxygens (including phenoxy) is 3. The van der Waals surface area contributed by atoms with E-state index in [1.807, 2.05) is 63.2 Å². The number of allylic oxidation sites excluding steroid dienone is 1. The van der Waals surface area contributed by atoms with Crippen molar-refractivity contribution in [3.05, 3.63) is 116 Å². The summed E-state index contributed by atoms with van der Waals surface area (Å²) in [6.45, 7) is 21.2. The van der Waals surface area contributed by atoms with Gasteiger partial charge in [-0.15, -0.1) is 0 Å². The van der Waals surface area contributed by atoms with Crippen LogP contribution in [-0.2, 0) is 9.59 Å². The van der Waals surface area contributed by atoms with Gasteiger partial charge in [0.1, 0.15) is 23.0 Å². The van der Waals surface area contributed by atoms with Gasteiger partial charge in [-0.2, -0.15) is 0 Å². The van der Waals surface area contributed by atoms with Crippen molar-refractivity contribution in [2.24, 2.45) is 0 Å². The average Bonchev–Trinajstić information content (AvgIpc) is 2.96. The topological polar surface area (TPSA) is 61.8 Å². The fraction of sp³-hybridized carbons (Fsp3) is 0.176. The van der Waals surface area contributed by atoms with Crippen molar-refractivity contribution in [1.29, 1.82) is 0 Å². The van der Waals surface area contributed by atoms with E-state index in [4.69, 9.17) is 14.2 Å². The molecular formula is C34H34O5. The first-order valence-electron chi connectivity index (χ1n) is 12.9. The number of hydrogen-bond donors (Lipinski definition) is 0. The molecule has 0 atom stereocenters. The Labute approximate surface area is 230 Å². The van der Waals surface area contributed by atoms with Gasteiger partial charge in [-0.05, 0) is 71.9 Å². The average molecular weight is 523 g/mol. The highest BCUT2D eigenvalue weighted by Crippen LogP contribution is 2.37. The maximum Gasteiger partial charge on any atom is 0.338 e. The van der Waals surface area contributed by atoms with Crippen molar-refractivity contribution in [1.82, 2.24) is 0 Å². The molecule has 0 saturated heterocycles. The third kappa shape index (κ3) is 7.45. The molecule has 0 unspecified atom stereocenters. The lowest BCUT2D eigenvalue weighted by atomic mass is 9.99. The lowest BCUT2D eigenvalue weighted by Crippen LogP contribution is -2.09. The van der Waals surface area contributed by atoms with Gasteiger partial charge in [0.15, 0.2) is 0 Å². The molecular weight excluding hydrogens is 488 g/mol. The summed E-state index contributed by atoms with van der Waals surface area (Å²) >= 11 is 0. The van der Waals surface area contributed by atoms with Gasteiger partial charge in [-0.3, -0.25) is 0 Å². The molecule has 0 heterocycles. The van der Waals surface area contributed by atoms with E-state index in [2.05, 4.69) is 26.3 Å². The zero-order valence-corrected chi connectivity index (χ0v) is 22.8. The van der Waals surface area contributed by atoms with E-state index in [0.29, 0.717) is 53.4 Å². The lowest BCUT2D eigenvalue weighted by molar-refractivity contribution is -0.131. The van der Waals surface area contributed by atoms with E-state index < -0.39 is 11.9 Å². The van der Waals surface area contributed by atoms with Gasteiger partial charge < -0.3 is 14.2 Å². The molecule has 0 amide bonds. The number of benzene rings is 3. The molecule has 3 rings (SSSR count). The SMILES string of the molecule is C=C(CC)C(=C)Oc1cc(-c2ccc(OC(=O)C(=C)CC)cc2)ccc1-c1ccc(OC(=O)C(=C)CC)cc1. The summed E-state index contributed by atoms with van der Waals surface area (Å²) in [7, 11) is 0. The Balaban J connectivity index is 1.92. The van der Waals surface area contributed by atoms with Crippen molar-refractivity contribution in [2.45, 2.75) is 40.0 Å². The minimum absolute atomic E-state index is 0.414. The summed E-state index contributed by atoms with van der Waals surface area (Å²) in [4.78, 5) is 24.1. The van der Waals surface area contributed by atoms with Gasteiger partial charge in [-0.25, -0.2) is 9.59 Å². The van der Waals surface area contributed by atoms with E-state index in [9.17, 15) is 9.59 Å². The lowest BCUT2D eigenvalue weighted by Gasteiger charge is -2.16. The summed E-state index contributed by atoms with van der Waals surface area (Å²) < 4.78 is 17.0. The highest BCUT2D eigenvalue weighted by atomic mass is 16.5. The van der Waals surface area contributed by atoms with Crippen LogP contribution in [0.5, 0.6) is 17.2 Å². The normalized spacial score (nSPS) is 10.3. The van der Waals surface area contributed by atoms with Gasteiger partial charge in [0.05, 0.1) is 0 Å². The van der Waals surface area contributed by atoms with Crippen molar-refractivity contribution >= 4 is 11.9 Å². The molecule has 0 aromatic heterocycles. The van der Waals surface area contributed by atoms with Gasteiger partial charge in [0.25, 0.3) is 0 Å². The quantitative estimate of drug-likeness (QED) is 0.0783. The molecule has 5 nitrogen and oxygen atoms in total. The van der Waals surface area contributed by atoms with Crippen LogP contribution in [0.2, 0.25) is 0 Å². The molecule has 39 heavy (non-hydrogen) atoms. The molecule has 0 bridgehead atoms. The highest BCUT2D eigenvalue weighted by Gasteiger charge is 2.14. The Morgan fingerprint density at radius 1 is 0.564 bits per heavy atom. The predicted molar refractivity (Wildman–Crippen MR) is 157 cm³/mol. The van der Waals surface area contributed by atoms with Crippen LogP contribution in [0.4, 0.5) is 0 Å². The third-order valence-electron chi connectivity index (χ3n) is 6.24. The summed E-state index contributed by atoms with van der Waals surface area (Å²) in [6.07, 6.45) is 1.77. The molecule has 200 valence electrons. The Hall–Kier alpha value is -4.64. The van der Waals surface area contributed by atoms with Crippen molar-refractivity contribution < 1.29 is 23.8 Å². The maximum absolute atomic E-state index is 12.1. The van der Waals surface area contributed by atoms with Crippen molar-refractivity contribution in [3.8, 4) is 39.5 Å². The Bertz CT molecular complexity index is 1410. The second-order valence-corrected chi connectivity index (χ2v) is 8.94. The number of esters is 2. The predicted octanol–water partition coefficient (Wildman–Crippen LogP) is 8.62. The zero-order valence-electron chi connectivity index (χ0n) is 22.8. The zero-order chi connectivity index (χ0) is 28.5. The summed E-state index contributed by atoms with van der Waals surface area (Å²) in [5, 5.41) is 0. The monoisotopic (exact) mass is 522 g/mol. The van der Waals surface area contributed by atoms with Gasteiger partial charge in [0.2, 0.25) is 0 Å². The first-order chi connectivity index (χ1) is 18.7. The molecule has 0 radical (unpaired) electrons. The van der Waals surface area contributed by atoms with Crippen LogP contribution in [0, 0.1) is 0 Å². The van der Waals surface area contributed by atoms with Crippen LogP contribution in [0.1, 0.15) is 40.0 Å². The van der Waals surface area contributed by atoms with Gasteiger partial charge >= 0.3 is 11.9 Å². The Kier molecular flexibility index (Phi) is 9.82. The second-order valence-electron chi connectivity index (χ2n) is 8.94. The minimum Gasteiger partial charge on any atom is -0.457 e. The van der Waals surface area contributed by atoms with E-state index in [-0.39, 0.29) is 0 Å². The summed E-state index contributed by atoms with van der Waals surface area (Å²) in [5.74, 6) is 1.09. The van der Waals surface area contributed by atoms with Gasteiger partial charge in [-0.1, -0.05) is 83.5 Å². The van der Waals surface area contributed by atoms with Crippen LogP contribution < -0.4 is 14.2 Å². The standard InChI is InChI=1S/C34H34O5/c1-8-22(4)25(7)37-32-21-28(26-11-16-29(17-12-26)38-33(35)23(5)9-2)15-20-31(32)27-13-18-30(19-14-27)39-34(36)24(6)10-3/h11-21H,4-10H2,1-3H3. The third-order valence-corrected chi connectivity index (χ3v) is 6.24. The molecule has 0 aliphatic carbocycles. The van der Waals surface area contributed by atoms with E-state index >= 15 is 0 Å². The number of carbonyl (C=O) groups excluding carboxylic acids is 2. The molecule has 0 spiro atoms. The number of hydrogen-bond acceptors (Lipinski definition) is 5. The number of carbonyl (C=O) groups is 2. The number of rotatable bonds is 12. The summed E-state index contributed by atoms with van der Waals surface area (Å²) in [5.41, 5.74) is 5.16. The second kappa shape index (κ2) is 13.2. The smallest absolute Gasteiger partial charge is 0.338 e. The molecule has 0 aliphatic rings. The fourth-order valence-corrected chi connectivity index (χ4v) is 3.49. The van der Waals surface area contributed by atoms with Crippen LogP contribution in [0.25, 0.3) is 22.3 Å². The highest BCUT2D eigenvalue weighted by molar-refractivity contribution is 5.90. The van der Waals surface area contributed by atoms with Crippen LogP contribution in [0.15, 0.2) is 116 Å². The molecule has 0 aliphatic heterocycles. The maximum atomic E-state index is 12.1. The van der Waals surface area contributed by atoms with Crippen LogP contribution in [0.3, 0.4) is 0 Å². The molecule has 3 aromatic rings. The van der Waals surface area contributed by atoms with Crippen molar-refractivity contribution in [3.63, 3.8) is 0 Å². The van der Waals surface area contributed by atoms with Crippen LogP contribution >= 0.6 is 0 Å². The molecule has 0 N–H and O–H groups in total. The molecule has 3 aromatic carbocycles. The first-order valence-corrected chi connectivity index (χ1v) is 12.9. The van der Waals surface area contributed by atoms with E-state index in [0.717, 1.165) is 27.8 Å². The molecule has 0 saturated carbocycles. The Morgan fingerprint density at radius 2 is 1.00 bits per heavy atom. The van der Waals surface area contributed by atoms with Crippen LogP contribution in [-0.4, -0.2) is 11.9 Å². The summed E-state index contributed by atoms with van der Waals surface area (Å²) in [6, 6.07) is 20.3. The van der Waals surface area contributed by atoms with E-state index in [1.165, 1.54) is 0 Å².